The number of halogens is 1. The lowest BCUT2D eigenvalue weighted by Gasteiger charge is -2.12. The lowest BCUT2D eigenvalue weighted by molar-refractivity contribution is -0.123. The van der Waals surface area contributed by atoms with E-state index in [4.69, 9.17) is 4.74 Å². The Morgan fingerprint density at radius 1 is 1.24 bits per heavy atom. The highest BCUT2D eigenvalue weighted by atomic mass is 79.9. The van der Waals surface area contributed by atoms with Gasteiger partial charge in [0.1, 0.15) is 0 Å². The fourth-order valence-corrected chi connectivity index (χ4v) is 3.65. The Hall–Kier alpha value is -2.25. The summed E-state index contributed by atoms with van der Waals surface area (Å²) in [6.45, 7) is 0.239. The van der Waals surface area contributed by atoms with Gasteiger partial charge in [0.15, 0.2) is 11.5 Å². The van der Waals surface area contributed by atoms with Crippen LogP contribution in [0.4, 0.5) is 4.79 Å². The molecule has 1 aliphatic rings. The fourth-order valence-electron chi connectivity index (χ4n) is 2.38. The predicted molar refractivity (Wildman–Crippen MR) is 100 cm³/mol. The Balaban J connectivity index is 1.88. The van der Waals surface area contributed by atoms with E-state index < -0.39 is 0 Å². The number of methoxy groups -OCH3 is 1. The van der Waals surface area contributed by atoms with Crippen molar-refractivity contribution >= 4 is 44.9 Å². The van der Waals surface area contributed by atoms with Gasteiger partial charge in [-0.25, -0.2) is 0 Å². The molecule has 0 radical (unpaired) electrons. The molecule has 2 amide bonds. The van der Waals surface area contributed by atoms with Gasteiger partial charge in [-0.05, 0) is 41.1 Å². The van der Waals surface area contributed by atoms with Gasteiger partial charge in [-0.3, -0.25) is 14.5 Å². The first-order valence-corrected chi connectivity index (χ1v) is 8.96. The summed E-state index contributed by atoms with van der Waals surface area (Å²) in [5.74, 6) is -0.0560. The first-order chi connectivity index (χ1) is 12.0. The summed E-state index contributed by atoms with van der Waals surface area (Å²) in [6.07, 6.45) is 1.61. The lowest BCUT2D eigenvalue weighted by atomic mass is 10.1. The number of nitrogens with zero attached hydrogens (tertiary/aromatic N) is 1. The van der Waals surface area contributed by atoms with Gasteiger partial charge < -0.3 is 9.84 Å². The van der Waals surface area contributed by atoms with E-state index in [0.29, 0.717) is 14.9 Å². The predicted octanol–water partition coefficient (Wildman–Crippen LogP) is 4.40. The largest absolute Gasteiger partial charge is 0.504 e. The summed E-state index contributed by atoms with van der Waals surface area (Å²) in [6, 6.07) is 12.4. The highest BCUT2D eigenvalue weighted by Gasteiger charge is 2.35. The van der Waals surface area contributed by atoms with Crippen LogP contribution in [-0.4, -0.2) is 28.3 Å². The number of phenols is 1. The molecule has 5 nitrogen and oxygen atoms in total. The molecule has 1 N–H and O–H groups in total. The van der Waals surface area contributed by atoms with Crippen LogP contribution in [-0.2, 0) is 11.3 Å². The molecule has 2 aromatic carbocycles. The summed E-state index contributed by atoms with van der Waals surface area (Å²) in [4.78, 5) is 26.3. The molecular formula is C18H14BrNO4S. The molecule has 1 heterocycles. The minimum Gasteiger partial charge on any atom is -0.504 e. The topological polar surface area (TPSA) is 66.8 Å². The monoisotopic (exact) mass is 419 g/mol. The zero-order valence-corrected chi connectivity index (χ0v) is 15.6. The van der Waals surface area contributed by atoms with E-state index in [1.54, 1.807) is 12.1 Å². The quantitative estimate of drug-likeness (QED) is 0.743. The van der Waals surface area contributed by atoms with Gasteiger partial charge in [0.05, 0.1) is 18.6 Å². The Labute approximate surface area is 157 Å². The van der Waals surface area contributed by atoms with Crippen molar-refractivity contribution in [3.05, 3.63) is 63.0 Å². The molecule has 25 heavy (non-hydrogen) atoms. The third-order valence-corrected chi connectivity index (χ3v) is 5.24. The zero-order valence-electron chi connectivity index (χ0n) is 13.2. The third-order valence-electron chi connectivity index (χ3n) is 3.64. The van der Waals surface area contributed by atoms with E-state index in [-0.39, 0.29) is 29.2 Å². The maximum absolute atomic E-state index is 12.6. The summed E-state index contributed by atoms with van der Waals surface area (Å²) in [5, 5.41) is 9.46. The van der Waals surface area contributed by atoms with Crippen molar-refractivity contribution in [3.8, 4) is 11.5 Å². The average molecular weight is 420 g/mol. The van der Waals surface area contributed by atoms with Crippen molar-refractivity contribution in [1.82, 2.24) is 4.90 Å². The van der Waals surface area contributed by atoms with Crippen molar-refractivity contribution in [1.29, 1.82) is 0 Å². The number of benzene rings is 2. The van der Waals surface area contributed by atoms with E-state index in [1.165, 1.54) is 18.1 Å². The van der Waals surface area contributed by atoms with Crippen LogP contribution in [0.3, 0.4) is 0 Å². The Kier molecular flexibility index (Phi) is 5.15. The van der Waals surface area contributed by atoms with Gasteiger partial charge in [0, 0.05) is 4.47 Å². The summed E-state index contributed by atoms with van der Waals surface area (Å²) >= 11 is 4.24. The molecule has 0 unspecified atom stereocenters. The van der Waals surface area contributed by atoms with E-state index in [0.717, 1.165) is 17.3 Å². The highest BCUT2D eigenvalue weighted by molar-refractivity contribution is 9.10. The van der Waals surface area contributed by atoms with Crippen molar-refractivity contribution in [3.63, 3.8) is 0 Å². The first-order valence-electron chi connectivity index (χ1n) is 7.35. The number of ether oxygens (including phenoxy) is 1. The van der Waals surface area contributed by atoms with Crippen molar-refractivity contribution < 1.29 is 19.4 Å². The van der Waals surface area contributed by atoms with Crippen LogP contribution in [0, 0.1) is 0 Å². The minimum atomic E-state index is -0.335. The second kappa shape index (κ2) is 7.33. The van der Waals surface area contributed by atoms with Crippen molar-refractivity contribution in [2.24, 2.45) is 0 Å². The number of hydrogen-bond acceptors (Lipinski definition) is 5. The van der Waals surface area contributed by atoms with E-state index >= 15 is 0 Å². The van der Waals surface area contributed by atoms with E-state index in [9.17, 15) is 14.7 Å². The molecule has 1 aliphatic heterocycles. The molecule has 7 heteroatoms. The van der Waals surface area contributed by atoms with Gasteiger partial charge in [-0.2, -0.15) is 0 Å². The normalized spacial score (nSPS) is 15.9. The second-order valence-corrected chi connectivity index (χ2v) is 7.15. The molecule has 0 bridgehead atoms. The molecule has 0 saturated carbocycles. The first kappa shape index (κ1) is 17.6. The average Bonchev–Trinajstić information content (AvgIpc) is 2.86. The van der Waals surface area contributed by atoms with E-state index in [1.807, 2.05) is 30.3 Å². The molecule has 0 atom stereocenters. The van der Waals surface area contributed by atoms with Crippen molar-refractivity contribution in [2.75, 3.05) is 7.11 Å². The number of carbonyl (C=O) groups excluding carboxylic acids is 2. The molecule has 0 aliphatic carbocycles. The van der Waals surface area contributed by atoms with Gasteiger partial charge >= 0.3 is 0 Å². The third kappa shape index (κ3) is 3.72. The highest BCUT2D eigenvalue weighted by Crippen LogP contribution is 2.37. The lowest BCUT2D eigenvalue weighted by Crippen LogP contribution is -2.27. The van der Waals surface area contributed by atoms with Gasteiger partial charge in [0.2, 0.25) is 0 Å². The van der Waals surface area contributed by atoms with Crippen LogP contribution in [0.1, 0.15) is 11.1 Å². The molecule has 1 saturated heterocycles. The molecule has 3 rings (SSSR count). The SMILES string of the molecule is COc1cc(/C=C2\SC(=O)N(Cc3ccccc3)C2=O)c(Br)cc1O. The fraction of sp³-hybridized carbons (Fsp3) is 0.111. The van der Waals surface area contributed by atoms with Gasteiger partial charge in [-0.15, -0.1) is 0 Å². The van der Waals surface area contributed by atoms with E-state index in [2.05, 4.69) is 15.9 Å². The number of imide groups is 1. The van der Waals surface area contributed by atoms with Crippen LogP contribution < -0.4 is 4.74 Å². The summed E-state index contributed by atoms with van der Waals surface area (Å²) in [5.41, 5.74) is 1.53. The number of amides is 2. The summed E-state index contributed by atoms with van der Waals surface area (Å²) in [7, 11) is 1.44. The maximum Gasteiger partial charge on any atom is 0.293 e. The Morgan fingerprint density at radius 2 is 1.96 bits per heavy atom. The Morgan fingerprint density at radius 3 is 2.64 bits per heavy atom. The van der Waals surface area contributed by atoms with Crippen LogP contribution >= 0.6 is 27.7 Å². The molecule has 2 aromatic rings. The molecule has 0 spiro atoms. The number of rotatable bonds is 4. The molecule has 128 valence electrons. The number of thioether (sulfide) groups is 1. The van der Waals surface area contributed by atoms with Crippen LogP contribution in [0.5, 0.6) is 11.5 Å². The number of phenolic OH excluding ortho intramolecular Hbond substituents is 1. The van der Waals surface area contributed by atoms with Gasteiger partial charge in [-0.1, -0.05) is 46.3 Å². The van der Waals surface area contributed by atoms with Crippen LogP contribution in [0.25, 0.3) is 6.08 Å². The number of hydrogen-bond donors (Lipinski definition) is 1. The summed E-state index contributed by atoms with van der Waals surface area (Å²) < 4.78 is 5.68. The van der Waals surface area contributed by atoms with Gasteiger partial charge in [0.25, 0.3) is 11.1 Å². The smallest absolute Gasteiger partial charge is 0.293 e. The minimum absolute atomic E-state index is 0.0105. The Bertz CT molecular complexity index is 867. The van der Waals surface area contributed by atoms with Crippen LogP contribution in [0.2, 0.25) is 0 Å². The standard InChI is InChI=1S/C18H14BrNO4S/c1-24-15-7-12(13(19)9-14(15)21)8-16-17(22)20(18(23)25-16)10-11-5-3-2-4-6-11/h2-9,21H,10H2,1H3/b16-8-. The van der Waals surface area contributed by atoms with Crippen LogP contribution in [0.15, 0.2) is 51.8 Å². The van der Waals surface area contributed by atoms with Crippen molar-refractivity contribution in [2.45, 2.75) is 6.54 Å². The second-order valence-electron chi connectivity index (χ2n) is 5.30. The molecule has 0 aromatic heterocycles. The molecule has 1 fully saturated rings. The number of aromatic hydroxyl groups is 1. The molecular weight excluding hydrogens is 406 g/mol. The zero-order chi connectivity index (χ0) is 18.0. The number of carbonyl (C=O) groups is 2. The maximum atomic E-state index is 12.6.